The number of para-hydroxylation sites is 1. The molecule has 0 aromatic heterocycles. The van der Waals surface area contributed by atoms with Crippen molar-refractivity contribution in [1.82, 2.24) is 10.2 Å². The van der Waals surface area contributed by atoms with Crippen molar-refractivity contribution in [1.29, 1.82) is 0 Å². The van der Waals surface area contributed by atoms with E-state index in [0.717, 1.165) is 18.7 Å². The first kappa shape index (κ1) is 15.6. The van der Waals surface area contributed by atoms with Crippen LogP contribution in [0, 0.1) is 11.8 Å². The monoisotopic (exact) mass is 292 g/mol. The molecule has 1 N–H and O–H groups in total. The van der Waals surface area contributed by atoms with Crippen LogP contribution in [0.3, 0.4) is 0 Å². The second-order valence-electron chi connectivity index (χ2n) is 5.59. The Balaban J connectivity index is 2.12. The molecule has 2 atom stereocenters. The average molecular weight is 292 g/mol. The van der Waals surface area contributed by atoms with Gasteiger partial charge in [0.1, 0.15) is 0 Å². The van der Waals surface area contributed by atoms with Crippen molar-refractivity contribution in [2.45, 2.75) is 13.5 Å². The molecule has 1 aliphatic heterocycles. The number of ether oxygens (including phenoxy) is 2. The second kappa shape index (κ2) is 6.80. The summed E-state index contributed by atoms with van der Waals surface area (Å²) >= 11 is 0. The number of benzene rings is 1. The van der Waals surface area contributed by atoms with Crippen LogP contribution in [0.2, 0.25) is 0 Å². The van der Waals surface area contributed by atoms with Gasteiger partial charge in [0.15, 0.2) is 11.5 Å². The number of hydrogen-bond acceptors (Lipinski definition) is 4. The minimum atomic E-state index is 0.0617. The molecule has 2 rings (SSSR count). The molecular weight excluding hydrogens is 268 g/mol. The normalized spacial score (nSPS) is 21.1. The summed E-state index contributed by atoms with van der Waals surface area (Å²) in [5, 5.41) is 3.27. The van der Waals surface area contributed by atoms with Gasteiger partial charge in [-0.05, 0) is 18.5 Å². The van der Waals surface area contributed by atoms with Gasteiger partial charge < -0.3 is 19.7 Å². The van der Waals surface area contributed by atoms with Crippen LogP contribution in [0.15, 0.2) is 18.2 Å². The van der Waals surface area contributed by atoms with Gasteiger partial charge in [-0.2, -0.15) is 0 Å². The molecule has 116 valence electrons. The predicted molar refractivity (Wildman–Crippen MR) is 81.5 cm³/mol. The third-order valence-corrected chi connectivity index (χ3v) is 4.10. The van der Waals surface area contributed by atoms with E-state index < -0.39 is 0 Å². The van der Waals surface area contributed by atoms with Crippen LogP contribution >= 0.6 is 0 Å². The van der Waals surface area contributed by atoms with Crippen LogP contribution in [-0.4, -0.2) is 45.2 Å². The van der Waals surface area contributed by atoms with E-state index >= 15 is 0 Å². The van der Waals surface area contributed by atoms with Crippen molar-refractivity contribution in [3.05, 3.63) is 23.8 Å². The van der Waals surface area contributed by atoms with E-state index in [0.29, 0.717) is 24.0 Å². The first-order chi connectivity index (χ1) is 10.1. The van der Waals surface area contributed by atoms with Crippen molar-refractivity contribution in [2.75, 3.05) is 34.4 Å². The third kappa shape index (κ3) is 3.29. The van der Waals surface area contributed by atoms with E-state index in [1.54, 1.807) is 19.1 Å². The van der Waals surface area contributed by atoms with E-state index in [1.165, 1.54) is 0 Å². The van der Waals surface area contributed by atoms with Crippen molar-refractivity contribution in [3.8, 4) is 11.5 Å². The highest BCUT2D eigenvalue weighted by Gasteiger charge is 2.31. The molecular formula is C16H24N2O3. The predicted octanol–water partition coefficient (Wildman–Crippen LogP) is 1.52. The van der Waals surface area contributed by atoms with Gasteiger partial charge in [-0.25, -0.2) is 0 Å². The van der Waals surface area contributed by atoms with Gasteiger partial charge in [0.25, 0.3) is 0 Å². The maximum absolute atomic E-state index is 12.5. The maximum atomic E-state index is 12.5. The SMILES string of the molecule is COc1cccc(CN(C)C(=O)C2CNCC2C)c1OC. The smallest absolute Gasteiger partial charge is 0.227 e. The zero-order chi connectivity index (χ0) is 15.4. The van der Waals surface area contributed by atoms with Crippen LogP contribution in [-0.2, 0) is 11.3 Å². The van der Waals surface area contributed by atoms with Crippen molar-refractivity contribution in [3.63, 3.8) is 0 Å². The number of carbonyl (C=O) groups is 1. The van der Waals surface area contributed by atoms with Gasteiger partial charge >= 0.3 is 0 Å². The summed E-state index contributed by atoms with van der Waals surface area (Å²) in [5.74, 6) is 2.00. The van der Waals surface area contributed by atoms with Crippen molar-refractivity contribution >= 4 is 5.91 Å². The lowest BCUT2D eigenvalue weighted by atomic mass is 9.96. The Labute approximate surface area is 126 Å². The zero-order valence-corrected chi connectivity index (χ0v) is 13.2. The lowest BCUT2D eigenvalue weighted by Crippen LogP contribution is -2.35. The highest BCUT2D eigenvalue weighted by Crippen LogP contribution is 2.31. The van der Waals surface area contributed by atoms with Crippen LogP contribution < -0.4 is 14.8 Å². The van der Waals surface area contributed by atoms with E-state index in [-0.39, 0.29) is 11.8 Å². The fourth-order valence-corrected chi connectivity index (χ4v) is 2.84. The Morgan fingerprint density at radius 3 is 2.67 bits per heavy atom. The fourth-order valence-electron chi connectivity index (χ4n) is 2.84. The molecule has 5 heteroatoms. The largest absolute Gasteiger partial charge is 0.493 e. The molecule has 1 aromatic carbocycles. The molecule has 0 saturated carbocycles. The van der Waals surface area contributed by atoms with Crippen molar-refractivity contribution in [2.24, 2.45) is 11.8 Å². The number of hydrogen-bond donors (Lipinski definition) is 1. The lowest BCUT2D eigenvalue weighted by molar-refractivity contribution is -0.135. The highest BCUT2D eigenvalue weighted by atomic mass is 16.5. The summed E-state index contributed by atoms with van der Waals surface area (Å²) < 4.78 is 10.7. The Hall–Kier alpha value is -1.75. The fraction of sp³-hybridized carbons (Fsp3) is 0.562. The highest BCUT2D eigenvalue weighted by molar-refractivity contribution is 5.79. The summed E-state index contributed by atoms with van der Waals surface area (Å²) in [6.45, 7) is 4.30. The molecule has 0 aliphatic carbocycles. The Bertz CT molecular complexity index is 504. The van der Waals surface area contributed by atoms with Gasteiger partial charge in [-0.15, -0.1) is 0 Å². The second-order valence-corrected chi connectivity index (χ2v) is 5.59. The topological polar surface area (TPSA) is 50.8 Å². The summed E-state index contributed by atoms with van der Waals surface area (Å²) in [6, 6.07) is 5.73. The van der Waals surface area contributed by atoms with Gasteiger partial charge in [0, 0.05) is 25.7 Å². The number of carbonyl (C=O) groups excluding carboxylic acids is 1. The summed E-state index contributed by atoms with van der Waals surface area (Å²) in [7, 11) is 5.07. The number of rotatable bonds is 5. The van der Waals surface area contributed by atoms with E-state index in [2.05, 4.69) is 12.2 Å². The van der Waals surface area contributed by atoms with E-state index in [1.807, 2.05) is 25.2 Å². The standard InChI is InChI=1S/C16H24N2O3/c1-11-8-17-9-13(11)16(19)18(2)10-12-6-5-7-14(20-3)15(12)21-4/h5-7,11,13,17H,8-10H2,1-4H3. The first-order valence-corrected chi connectivity index (χ1v) is 7.24. The summed E-state index contributed by atoms with van der Waals surface area (Å²) in [4.78, 5) is 14.3. The Kier molecular flexibility index (Phi) is 5.07. The molecule has 2 unspecified atom stereocenters. The molecule has 1 aromatic rings. The third-order valence-electron chi connectivity index (χ3n) is 4.10. The first-order valence-electron chi connectivity index (χ1n) is 7.24. The van der Waals surface area contributed by atoms with Crippen LogP contribution in [0.1, 0.15) is 12.5 Å². The van der Waals surface area contributed by atoms with Gasteiger partial charge in [0.2, 0.25) is 5.91 Å². The molecule has 0 spiro atoms. The van der Waals surface area contributed by atoms with Crippen LogP contribution in [0.5, 0.6) is 11.5 Å². The van der Waals surface area contributed by atoms with Crippen molar-refractivity contribution < 1.29 is 14.3 Å². The molecule has 5 nitrogen and oxygen atoms in total. The summed E-state index contributed by atoms with van der Waals surface area (Å²) in [5.41, 5.74) is 0.950. The molecule has 1 amide bonds. The van der Waals surface area contributed by atoms with Gasteiger partial charge in [-0.3, -0.25) is 4.79 Å². The minimum Gasteiger partial charge on any atom is -0.493 e. The lowest BCUT2D eigenvalue weighted by Gasteiger charge is -2.24. The number of amides is 1. The number of nitrogens with zero attached hydrogens (tertiary/aromatic N) is 1. The van der Waals surface area contributed by atoms with Crippen LogP contribution in [0.25, 0.3) is 0 Å². The molecule has 1 heterocycles. The molecule has 0 bridgehead atoms. The molecule has 21 heavy (non-hydrogen) atoms. The molecule has 1 aliphatic rings. The maximum Gasteiger partial charge on any atom is 0.227 e. The molecule has 1 fully saturated rings. The Morgan fingerprint density at radius 2 is 2.10 bits per heavy atom. The average Bonchev–Trinajstić information content (AvgIpc) is 2.92. The quantitative estimate of drug-likeness (QED) is 0.894. The minimum absolute atomic E-state index is 0.0617. The number of methoxy groups -OCH3 is 2. The van der Waals surface area contributed by atoms with Gasteiger partial charge in [-0.1, -0.05) is 19.1 Å². The molecule has 0 radical (unpaired) electrons. The van der Waals surface area contributed by atoms with E-state index in [9.17, 15) is 4.79 Å². The summed E-state index contributed by atoms with van der Waals surface area (Å²) in [6.07, 6.45) is 0. The van der Waals surface area contributed by atoms with Gasteiger partial charge in [0.05, 0.1) is 20.1 Å². The van der Waals surface area contributed by atoms with Crippen LogP contribution in [0.4, 0.5) is 0 Å². The molecule has 1 saturated heterocycles. The zero-order valence-electron chi connectivity index (χ0n) is 13.2. The van der Waals surface area contributed by atoms with E-state index in [4.69, 9.17) is 9.47 Å². The Morgan fingerprint density at radius 1 is 1.33 bits per heavy atom. The number of nitrogens with one attached hydrogen (secondary N) is 1.